The highest BCUT2D eigenvalue weighted by atomic mass is 19.1. The summed E-state index contributed by atoms with van der Waals surface area (Å²) in [6.07, 6.45) is 0. The molecule has 0 saturated carbocycles. The predicted molar refractivity (Wildman–Crippen MR) is 78.9 cm³/mol. The molecular weight excluding hydrogens is 289 g/mol. The molecule has 7 heteroatoms. The molecule has 0 atom stereocenters. The minimum Gasteiger partial charge on any atom is -0.494 e. The molecule has 1 heterocycles. The fourth-order valence-corrected chi connectivity index (χ4v) is 2.36. The fraction of sp³-hybridized carbons (Fsp3) is 0.467. The number of methoxy groups -OCH3 is 1. The Morgan fingerprint density at radius 2 is 2.27 bits per heavy atom. The smallest absolute Gasteiger partial charge is 0.239 e. The maximum absolute atomic E-state index is 13.6. The lowest BCUT2D eigenvalue weighted by molar-refractivity contribution is -0.138. The van der Waals surface area contributed by atoms with Crippen LogP contribution in [-0.4, -0.2) is 62.0 Å². The molecule has 2 amide bonds. The van der Waals surface area contributed by atoms with Gasteiger partial charge in [0.15, 0.2) is 11.6 Å². The summed E-state index contributed by atoms with van der Waals surface area (Å²) in [4.78, 5) is 26.7. The number of hydrogen-bond donors (Lipinski definition) is 1. The Morgan fingerprint density at radius 1 is 1.50 bits per heavy atom. The molecule has 0 unspecified atom stereocenters. The lowest BCUT2D eigenvalue weighted by Crippen LogP contribution is -2.52. The molecule has 1 aromatic carbocycles. The Bertz CT molecular complexity index is 565. The first-order valence-electron chi connectivity index (χ1n) is 7.05. The zero-order chi connectivity index (χ0) is 16.1. The number of halogens is 1. The number of carbonyl (C=O) groups excluding carboxylic acids is 2. The van der Waals surface area contributed by atoms with E-state index in [-0.39, 0.29) is 30.7 Å². The van der Waals surface area contributed by atoms with Gasteiger partial charge in [-0.05, 0) is 24.7 Å². The minimum atomic E-state index is -0.424. The van der Waals surface area contributed by atoms with E-state index in [0.717, 1.165) is 5.56 Å². The molecule has 2 rings (SSSR count). The largest absolute Gasteiger partial charge is 0.494 e. The second-order valence-electron chi connectivity index (χ2n) is 5.31. The molecule has 0 aliphatic carbocycles. The first-order chi connectivity index (χ1) is 10.5. The van der Waals surface area contributed by atoms with E-state index in [1.165, 1.54) is 18.1 Å². The van der Waals surface area contributed by atoms with Crippen molar-refractivity contribution in [3.05, 3.63) is 29.6 Å². The van der Waals surface area contributed by atoms with E-state index in [4.69, 9.17) is 4.74 Å². The molecule has 6 nitrogen and oxygen atoms in total. The number of likely N-dealkylation sites (N-methyl/N-ethyl adjacent to an activating group) is 1. The number of nitrogens with one attached hydrogen (secondary N) is 1. The summed E-state index contributed by atoms with van der Waals surface area (Å²) in [6.45, 7) is 1.73. The second kappa shape index (κ2) is 7.22. The zero-order valence-corrected chi connectivity index (χ0v) is 12.8. The fourth-order valence-electron chi connectivity index (χ4n) is 2.36. The molecule has 1 N–H and O–H groups in total. The molecule has 120 valence electrons. The van der Waals surface area contributed by atoms with Gasteiger partial charge in [-0.3, -0.25) is 14.5 Å². The van der Waals surface area contributed by atoms with Crippen LogP contribution in [0, 0.1) is 5.82 Å². The van der Waals surface area contributed by atoms with Gasteiger partial charge in [-0.15, -0.1) is 0 Å². The van der Waals surface area contributed by atoms with Gasteiger partial charge in [0, 0.05) is 19.6 Å². The molecule has 0 spiro atoms. The van der Waals surface area contributed by atoms with Gasteiger partial charge in [0.2, 0.25) is 11.8 Å². The Kier molecular flexibility index (Phi) is 5.32. The second-order valence-corrected chi connectivity index (χ2v) is 5.31. The lowest BCUT2D eigenvalue weighted by atomic mass is 10.2. The van der Waals surface area contributed by atoms with Crippen molar-refractivity contribution >= 4 is 11.8 Å². The molecule has 1 aliphatic heterocycles. The minimum absolute atomic E-state index is 0.101. The number of benzene rings is 1. The third-order valence-corrected chi connectivity index (χ3v) is 3.46. The van der Waals surface area contributed by atoms with Crippen LogP contribution >= 0.6 is 0 Å². The molecule has 1 aromatic rings. The molecule has 1 aliphatic rings. The van der Waals surface area contributed by atoms with Crippen LogP contribution in [0.1, 0.15) is 5.56 Å². The van der Waals surface area contributed by atoms with Crippen LogP contribution in [0.25, 0.3) is 0 Å². The van der Waals surface area contributed by atoms with Crippen LogP contribution in [-0.2, 0) is 16.1 Å². The summed E-state index contributed by atoms with van der Waals surface area (Å²) in [5.74, 6) is -0.472. The average Bonchev–Trinajstić information content (AvgIpc) is 2.47. The van der Waals surface area contributed by atoms with Crippen LogP contribution in [0.15, 0.2) is 18.2 Å². The maximum atomic E-state index is 13.6. The molecule has 22 heavy (non-hydrogen) atoms. The van der Waals surface area contributed by atoms with Crippen molar-refractivity contribution in [2.45, 2.75) is 6.54 Å². The van der Waals surface area contributed by atoms with Gasteiger partial charge in [0.25, 0.3) is 0 Å². The summed E-state index contributed by atoms with van der Waals surface area (Å²) in [5, 5.41) is 2.68. The van der Waals surface area contributed by atoms with Crippen molar-refractivity contribution in [2.24, 2.45) is 0 Å². The monoisotopic (exact) mass is 309 g/mol. The number of amides is 2. The molecule has 0 radical (unpaired) electrons. The SMILES string of the molecule is COc1ccc(CN(C)CC(=O)N2CCNC(=O)C2)cc1F. The normalized spacial score (nSPS) is 14.9. The summed E-state index contributed by atoms with van der Waals surface area (Å²) in [6, 6.07) is 4.72. The number of piperazine rings is 1. The summed E-state index contributed by atoms with van der Waals surface area (Å²) >= 11 is 0. The molecule has 0 aromatic heterocycles. The Balaban J connectivity index is 1.89. The van der Waals surface area contributed by atoms with Crippen LogP contribution in [0.2, 0.25) is 0 Å². The van der Waals surface area contributed by atoms with Crippen LogP contribution in [0.5, 0.6) is 5.75 Å². The van der Waals surface area contributed by atoms with Crippen LogP contribution in [0.3, 0.4) is 0 Å². The van der Waals surface area contributed by atoms with Gasteiger partial charge in [-0.1, -0.05) is 6.07 Å². The van der Waals surface area contributed by atoms with E-state index in [1.54, 1.807) is 24.1 Å². The molecule has 1 saturated heterocycles. The zero-order valence-electron chi connectivity index (χ0n) is 12.8. The van der Waals surface area contributed by atoms with Crippen molar-refractivity contribution in [1.82, 2.24) is 15.1 Å². The third kappa shape index (κ3) is 4.17. The van der Waals surface area contributed by atoms with E-state index in [1.807, 2.05) is 0 Å². The quantitative estimate of drug-likeness (QED) is 0.845. The average molecular weight is 309 g/mol. The van der Waals surface area contributed by atoms with Crippen molar-refractivity contribution in [3.8, 4) is 5.75 Å². The first kappa shape index (κ1) is 16.2. The van der Waals surface area contributed by atoms with Gasteiger partial charge < -0.3 is 15.0 Å². The number of rotatable bonds is 5. The van der Waals surface area contributed by atoms with Crippen molar-refractivity contribution in [3.63, 3.8) is 0 Å². The summed E-state index contributed by atoms with van der Waals surface area (Å²) < 4.78 is 18.5. The van der Waals surface area contributed by atoms with E-state index in [2.05, 4.69) is 5.32 Å². The summed E-state index contributed by atoms with van der Waals surface area (Å²) in [5.41, 5.74) is 0.755. The van der Waals surface area contributed by atoms with Gasteiger partial charge in [0.05, 0.1) is 20.2 Å². The number of hydrogen-bond acceptors (Lipinski definition) is 4. The predicted octanol–water partition coefficient (Wildman–Crippen LogP) is 0.225. The first-order valence-corrected chi connectivity index (χ1v) is 7.05. The Labute approximate surface area is 128 Å². The third-order valence-electron chi connectivity index (χ3n) is 3.46. The lowest BCUT2D eigenvalue weighted by Gasteiger charge is -2.28. The van der Waals surface area contributed by atoms with E-state index >= 15 is 0 Å². The molecule has 1 fully saturated rings. The van der Waals surface area contributed by atoms with Gasteiger partial charge in [-0.25, -0.2) is 4.39 Å². The van der Waals surface area contributed by atoms with Crippen molar-refractivity contribution in [1.29, 1.82) is 0 Å². The highest BCUT2D eigenvalue weighted by molar-refractivity contribution is 5.86. The Hall–Kier alpha value is -2.15. The molecule has 0 bridgehead atoms. The van der Waals surface area contributed by atoms with Gasteiger partial charge in [-0.2, -0.15) is 0 Å². The van der Waals surface area contributed by atoms with Crippen molar-refractivity contribution < 1.29 is 18.7 Å². The van der Waals surface area contributed by atoms with Gasteiger partial charge >= 0.3 is 0 Å². The van der Waals surface area contributed by atoms with Gasteiger partial charge in [0.1, 0.15) is 0 Å². The Morgan fingerprint density at radius 3 is 2.91 bits per heavy atom. The standard InChI is InChI=1S/C15H20FN3O3/c1-18(8-11-3-4-13(22-2)12(16)7-11)10-15(21)19-6-5-17-14(20)9-19/h3-4,7H,5-6,8-10H2,1-2H3,(H,17,20). The topological polar surface area (TPSA) is 61.9 Å². The maximum Gasteiger partial charge on any atom is 0.239 e. The summed E-state index contributed by atoms with van der Waals surface area (Å²) in [7, 11) is 3.20. The van der Waals surface area contributed by atoms with E-state index < -0.39 is 5.82 Å². The number of nitrogens with zero attached hydrogens (tertiary/aromatic N) is 2. The highest BCUT2D eigenvalue weighted by Gasteiger charge is 2.21. The van der Waals surface area contributed by atoms with Crippen LogP contribution < -0.4 is 10.1 Å². The highest BCUT2D eigenvalue weighted by Crippen LogP contribution is 2.18. The number of ether oxygens (including phenoxy) is 1. The van der Waals surface area contributed by atoms with Crippen molar-refractivity contribution in [2.75, 3.05) is 40.3 Å². The molecular formula is C15H20FN3O3. The van der Waals surface area contributed by atoms with E-state index in [9.17, 15) is 14.0 Å². The van der Waals surface area contributed by atoms with E-state index in [0.29, 0.717) is 19.6 Å². The van der Waals surface area contributed by atoms with Crippen LogP contribution in [0.4, 0.5) is 4.39 Å². The number of carbonyl (C=O) groups is 2.